The number of hydrogen-bond donors (Lipinski definition) is 1. The molecule has 0 saturated heterocycles. The number of halogens is 2. The molecule has 7 nitrogen and oxygen atoms in total. The molecule has 0 aliphatic rings. The molecule has 1 heterocycles. The first-order chi connectivity index (χ1) is 10.9. The van der Waals surface area contributed by atoms with E-state index in [1.54, 1.807) is 0 Å². The van der Waals surface area contributed by atoms with Crippen molar-refractivity contribution in [2.24, 2.45) is 7.05 Å². The predicted octanol–water partition coefficient (Wildman–Crippen LogP) is 0.854. The number of carbonyl (C=O) groups excluding carboxylic acids is 2. The first kappa shape index (κ1) is 16.3. The highest BCUT2D eigenvalue weighted by atomic mass is 19.1. The molecule has 1 amide bonds. The highest BCUT2D eigenvalue weighted by Gasteiger charge is 2.14. The van der Waals surface area contributed by atoms with E-state index in [1.807, 2.05) is 0 Å². The summed E-state index contributed by atoms with van der Waals surface area (Å²) in [4.78, 5) is 34.4. The Bertz CT molecular complexity index is 820. The van der Waals surface area contributed by atoms with E-state index in [-0.39, 0.29) is 11.4 Å². The molecule has 0 aliphatic heterocycles. The lowest BCUT2D eigenvalue weighted by molar-refractivity contribution is -0.119. The van der Waals surface area contributed by atoms with Crippen LogP contribution in [0.25, 0.3) is 0 Å². The molecule has 0 unspecified atom stereocenters. The Balaban J connectivity index is 1.94. The quantitative estimate of drug-likeness (QED) is 0.843. The van der Waals surface area contributed by atoms with Crippen molar-refractivity contribution in [1.82, 2.24) is 9.78 Å². The van der Waals surface area contributed by atoms with Crippen LogP contribution < -0.4 is 10.9 Å². The number of ether oxygens (including phenoxy) is 1. The van der Waals surface area contributed by atoms with Crippen molar-refractivity contribution in [3.63, 3.8) is 0 Å². The molecule has 0 spiro atoms. The summed E-state index contributed by atoms with van der Waals surface area (Å²) >= 11 is 0. The van der Waals surface area contributed by atoms with E-state index in [0.29, 0.717) is 6.07 Å². The molecule has 0 aliphatic carbocycles. The maximum atomic E-state index is 13.4. The number of nitrogens with one attached hydrogen (secondary N) is 1. The number of aromatic nitrogens is 2. The number of hydrogen-bond acceptors (Lipinski definition) is 5. The van der Waals surface area contributed by atoms with Crippen molar-refractivity contribution in [2.45, 2.75) is 0 Å². The second kappa shape index (κ2) is 6.77. The normalized spacial score (nSPS) is 10.2. The maximum absolute atomic E-state index is 13.4. The van der Waals surface area contributed by atoms with Crippen LogP contribution >= 0.6 is 0 Å². The predicted molar refractivity (Wildman–Crippen MR) is 74.7 cm³/mol. The number of rotatable bonds is 4. The van der Waals surface area contributed by atoms with Crippen LogP contribution in [0.1, 0.15) is 10.5 Å². The van der Waals surface area contributed by atoms with Crippen LogP contribution in [-0.4, -0.2) is 28.3 Å². The molecule has 0 bridgehead atoms. The van der Waals surface area contributed by atoms with Gasteiger partial charge in [-0.1, -0.05) is 0 Å². The molecule has 0 fully saturated rings. The van der Waals surface area contributed by atoms with Gasteiger partial charge >= 0.3 is 5.97 Å². The number of nitrogens with zero attached hydrogens (tertiary/aromatic N) is 2. The molecule has 120 valence electrons. The van der Waals surface area contributed by atoms with Crippen LogP contribution in [0.5, 0.6) is 0 Å². The summed E-state index contributed by atoms with van der Waals surface area (Å²) in [6.45, 7) is -0.694. The van der Waals surface area contributed by atoms with E-state index >= 15 is 0 Å². The third-order valence-corrected chi connectivity index (χ3v) is 2.71. The number of esters is 1. The van der Waals surface area contributed by atoms with Gasteiger partial charge in [-0.05, 0) is 18.2 Å². The van der Waals surface area contributed by atoms with Gasteiger partial charge in [0.25, 0.3) is 11.5 Å². The van der Waals surface area contributed by atoms with Gasteiger partial charge in [0.2, 0.25) is 0 Å². The van der Waals surface area contributed by atoms with Gasteiger partial charge in [-0.3, -0.25) is 9.59 Å². The zero-order chi connectivity index (χ0) is 17.0. The monoisotopic (exact) mass is 323 g/mol. The number of aryl methyl sites for hydroxylation is 1. The Morgan fingerprint density at radius 2 is 2.00 bits per heavy atom. The van der Waals surface area contributed by atoms with E-state index in [9.17, 15) is 23.2 Å². The third-order valence-electron chi connectivity index (χ3n) is 2.71. The van der Waals surface area contributed by atoms with Crippen LogP contribution in [0.4, 0.5) is 14.5 Å². The molecule has 2 rings (SSSR count). The van der Waals surface area contributed by atoms with Gasteiger partial charge in [-0.2, -0.15) is 5.10 Å². The van der Waals surface area contributed by atoms with E-state index < -0.39 is 35.7 Å². The van der Waals surface area contributed by atoms with Gasteiger partial charge in [0.15, 0.2) is 12.3 Å². The lowest BCUT2D eigenvalue weighted by Crippen LogP contribution is -2.24. The third kappa shape index (κ3) is 4.19. The van der Waals surface area contributed by atoms with Crippen molar-refractivity contribution in [3.8, 4) is 0 Å². The Kier molecular flexibility index (Phi) is 4.79. The van der Waals surface area contributed by atoms with Gasteiger partial charge in [0, 0.05) is 19.2 Å². The van der Waals surface area contributed by atoms with Gasteiger partial charge in [-0.15, -0.1) is 0 Å². The number of amides is 1. The first-order valence-electron chi connectivity index (χ1n) is 6.33. The van der Waals surface area contributed by atoms with E-state index in [0.717, 1.165) is 28.9 Å². The van der Waals surface area contributed by atoms with Gasteiger partial charge in [-0.25, -0.2) is 18.3 Å². The summed E-state index contributed by atoms with van der Waals surface area (Å²) in [6, 6.07) is 4.90. The van der Waals surface area contributed by atoms with Crippen LogP contribution in [0.15, 0.2) is 35.1 Å². The Morgan fingerprint density at radius 1 is 1.26 bits per heavy atom. The number of benzene rings is 1. The summed E-state index contributed by atoms with van der Waals surface area (Å²) in [5, 5.41) is 5.79. The summed E-state index contributed by atoms with van der Waals surface area (Å²) in [5.41, 5.74) is -0.813. The fraction of sp³-hybridized carbons (Fsp3) is 0.143. The maximum Gasteiger partial charge on any atom is 0.359 e. The van der Waals surface area contributed by atoms with Crippen LogP contribution in [-0.2, 0) is 16.6 Å². The molecule has 1 N–H and O–H groups in total. The minimum Gasteiger partial charge on any atom is -0.451 e. The fourth-order valence-electron chi connectivity index (χ4n) is 1.59. The molecular weight excluding hydrogens is 312 g/mol. The van der Waals surface area contributed by atoms with Gasteiger partial charge in [0.05, 0.1) is 5.69 Å². The standard InChI is InChI=1S/C14H11F2N3O4/c1-19-13(21)5-4-11(18-19)14(22)23-7-12(20)17-10-3-2-8(15)6-9(10)16/h2-6H,7H2,1H3,(H,17,20). The zero-order valence-electron chi connectivity index (χ0n) is 11.9. The molecule has 0 radical (unpaired) electrons. The summed E-state index contributed by atoms with van der Waals surface area (Å²) < 4.78 is 31.7. The molecule has 23 heavy (non-hydrogen) atoms. The minimum atomic E-state index is -0.954. The summed E-state index contributed by atoms with van der Waals surface area (Å²) in [5.74, 6) is -3.47. The smallest absolute Gasteiger partial charge is 0.359 e. The largest absolute Gasteiger partial charge is 0.451 e. The first-order valence-corrected chi connectivity index (χ1v) is 6.33. The highest BCUT2D eigenvalue weighted by Crippen LogP contribution is 2.14. The molecule has 1 aromatic carbocycles. The Labute approximate surface area is 128 Å². The fourth-order valence-corrected chi connectivity index (χ4v) is 1.59. The lowest BCUT2D eigenvalue weighted by atomic mass is 10.3. The van der Waals surface area contributed by atoms with E-state index in [1.165, 1.54) is 7.05 Å². The average Bonchev–Trinajstić information content (AvgIpc) is 2.50. The Morgan fingerprint density at radius 3 is 2.65 bits per heavy atom. The van der Waals surface area contributed by atoms with Crippen LogP contribution in [0.2, 0.25) is 0 Å². The summed E-state index contributed by atoms with van der Waals surface area (Å²) in [6.07, 6.45) is 0. The zero-order valence-corrected chi connectivity index (χ0v) is 11.9. The van der Waals surface area contributed by atoms with Crippen molar-refractivity contribution in [2.75, 3.05) is 11.9 Å². The van der Waals surface area contributed by atoms with Gasteiger partial charge in [0.1, 0.15) is 11.6 Å². The number of anilines is 1. The minimum absolute atomic E-state index is 0.159. The SMILES string of the molecule is Cn1nc(C(=O)OCC(=O)Nc2ccc(F)cc2F)ccc1=O. The van der Waals surface area contributed by atoms with Crippen LogP contribution in [0.3, 0.4) is 0 Å². The second-order valence-corrected chi connectivity index (χ2v) is 4.43. The van der Waals surface area contributed by atoms with E-state index in [2.05, 4.69) is 10.4 Å². The highest BCUT2D eigenvalue weighted by molar-refractivity contribution is 5.94. The molecule has 2 aromatic rings. The topological polar surface area (TPSA) is 90.3 Å². The van der Waals surface area contributed by atoms with Crippen molar-refractivity contribution in [1.29, 1.82) is 0 Å². The molecule has 0 atom stereocenters. The van der Waals surface area contributed by atoms with E-state index in [4.69, 9.17) is 4.74 Å². The second-order valence-electron chi connectivity index (χ2n) is 4.43. The summed E-state index contributed by atoms with van der Waals surface area (Å²) in [7, 11) is 1.35. The molecule has 9 heteroatoms. The number of carbonyl (C=O) groups is 2. The average molecular weight is 323 g/mol. The lowest BCUT2D eigenvalue weighted by Gasteiger charge is -2.07. The van der Waals surface area contributed by atoms with Crippen molar-refractivity contribution in [3.05, 3.63) is 58.0 Å². The van der Waals surface area contributed by atoms with Crippen LogP contribution in [0, 0.1) is 11.6 Å². The molecule has 0 saturated carbocycles. The molecule has 1 aromatic heterocycles. The molecular formula is C14H11F2N3O4. The van der Waals surface area contributed by atoms with Crippen molar-refractivity contribution < 1.29 is 23.1 Å². The van der Waals surface area contributed by atoms with Gasteiger partial charge < -0.3 is 10.1 Å². The van der Waals surface area contributed by atoms with Crippen molar-refractivity contribution >= 4 is 17.6 Å². The Hall–Kier alpha value is -3.10.